The van der Waals surface area contributed by atoms with Crippen molar-refractivity contribution in [2.75, 3.05) is 0 Å². The number of benzene rings is 1. The first kappa shape index (κ1) is 14.7. The Kier molecular flexibility index (Phi) is 3.76. The van der Waals surface area contributed by atoms with E-state index in [0.717, 1.165) is 11.1 Å². The summed E-state index contributed by atoms with van der Waals surface area (Å²) in [4.78, 5) is 27.8. The fraction of sp³-hybridized carbons (Fsp3) is 0.0556. The Morgan fingerprint density at radius 3 is 2.48 bits per heavy atom. The lowest BCUT2D eigenvalue weighted by molar-refractivity contribution is 0.0694. The molecule has 0 aliphatic rings. The average molecular weight is 306 g/mol. The second-order valence-corrected chi connectivity index (χ2v) is 5.20. The van der Waals surface area contributed by atoms with Crippen molar-refractivity contribution in [3.8, 4) is 16.8 Å². The van der Waals surface area contributed by atoms with E-state index in [1.165, 1.54) is 16.8 Å². The topological polar surface area (TPSA) is 72.2 Å². The first-order chi connectivity index (χ1) is 11.1. The second kappa shape index (κ2) is 5.88. The van der Waals surface area contributed by atoms with Gasteiger partial charge in [-0.05, 0) is 36.2 Å². The van der Waals surface area contributed by atoms with Crippen LogP contribution in [0.2, 0.25) is 0 Å². The summed E-state index contributed by atoms with van der Waals surface area (Å²) < 4.78 is 1.31. The van der Waals surface area contributed by atoms with Gasteiger partial charge in [-0.25, -0.2) is 4.79 Å². The van der Waals surface area contributed by atoms with Crippen LogP contribution in [-0.2, 0) is 0 Å². The smallest absolute Gasteiger partial charge is 0.341 e. The van der Waals surface area contributed by atoms with Crippen LogP contribution in [0, 0.1) is 6.92 Å². The number of nitrogens with zero attached hydrogens (tertiary/aromatic N) is 2. The third-order valence-electron chi connectivity index (χ3n) is 3.56. The van der Waals surface area contributed by atoms with Crippen molar-refractivity contribution in [1.29, 1.82) is 0 Å². The monoisotopic (exact) mass is 306 g/mol. The molecule has 0 saturated carbocycles. The van der Waals surface area contributed by atoms with Crippen molar-refractivity contribution in [3.63, 3.8) is 0 Å². The third kappa shape index (κ3) is 2.89. The molecule has 2 heterocycles. The molecule has 0 amide bonds. The van der Waals surface area contributed by atoms with E-state index in [9.17, 15) is 14.7 Å². The van der Waals surface area contributed by atoms with E-state index in [0.29, 0.717) is 11.3 Å². The van der Waals surface area contributed by atoms with E-state index in [1.807, 2.05) is 31.2 Å². The summed E-state index contributed by atoms with van der Waals surface area (Å²) in [6, 6.07) is 12.5. The fourth-order valence-corrected chi connectivity index (χ4v) is 2.33. The Balaban J connectivity index is 2.26. The van der Waals surface area contributed by atoms with Gasteiger partial charge in [0.2, 0.25) is 0 Å². The van der Waals surface area contributed by atoms with Gasteiger partial charge in [-0.1, -0.05) is 29.8 Å². The van der Waals surface area contributed by atoms with Gasteiger partial charge >= 0.3 is 5.97 Å². The van der Waals surface area contributed by atoms with Crippen LogP contribution >= 0.6 is 0 Å². The third-order valence-corrected chi connectivity index (χ3v) is 3.56. The largest absolute Gasteiger partial charge is 0.477 e. The standard InChI is InChI=1S/C18H14N2O3/c1-12-4-6-13(7-5-12)14-9-16(18(22)23)17(21)20(11-14)15-3-2-8-19-10-15/h2-11H,1H3,(H,22,23). The Hall–Kier alpha value is -3.21. The first-order valence-electron chi connectivity index (χ1n) is 7.04. The molecule has 0 aliphatic carbocycles. The zero-order valence-electron chi connectivity index (χ0n) is 12.4. The van der Waals surface area contributed by atoms with Gasteiger partial charge in [0, 0.05) is 12.4 Å². The lowest BCUT2D eigenvalue weighted by Gasteiger charge is -2.10. The molecule has 0 saturated heterocycles. The Morgan fingerprint density at radius 1 is 1.13 bits per heavy atom. The van der Waals surface area contributed by atoms with Crippen LogP contribution in [0.4, 0.5) is 0 Å². The number of rotatable bonds is 3. The van der Waals surface area contributed by atoms with Crippen molar-refractivity contribution in [1.82, 2.24) is 9.55 Å². The van der Waals surface area contributed by atoms with Crippen LogP contribution in [0.15, 0.2) is 65.8 Å². The highest BCUT2D eigenvalue weighted by Crippen LogP contribution is 2.21. The van der Waals surface area contributed by atoms with Crippen molar-refractivity contribution < 1.29 is 9.90 Å². The molecule has 114 valence electrons. The van der Waals surface area contributed by atoms with E-state index >= 15 is 0 Å². The summed E-state index contributed by atoms with van der Waals surface area (Å²) in [6.45, 7) is 1.98. The zero-order chi connectivity index (χ0) is 16.4. The molecular formula is C18H14N2O3. The minimum Gasteiger partial charge on any atom is -0.477 e. The molecule has 0 spiro atoms. The minimum atomic E-state index is -1.25. The predicted molar refractivity (Wildman–Crippen MR) is 87.0 cm³/mol. The Bertz CT molecular complexity index is 913. The summed E-state index contributed by atoms with van der Waals surface area (Å²) in [6.07, 6.45) is 4.75. The van der Waals surface area contributed by atoms with Crippen molar-refractivity contribution in [2.45, 2.75) is 6.92 Å². The SMILES string of the molecule is Cc1ccc(-c2cc(C(=O)O)c(=O)n(-c3cccnc3)c2)cc1. The van der Waals surface area contributed by atoms with Crippen LogP contribution in [0.3, 0.4) is 0 Å². The second-order valence-electron chi connectivity index (χ2n) is 5.20. The number of aryl methyl sites for hydroxylation is 1. The van der Waals surface area contributed by atoms with E-state index in [4.69, 9.17) is 0 Å². The van der Waals surface area contributed by atoms with Crippen LogP contribution in [0.1, 0.15) is 15.9 Å². The minimum absolute atomic E-state index is 0.271. The van der Waals surface area contributed by atoms with Crippen LogP contribution in [-0.4, -0.2) is 20.6 Å². The number of hydrogen-bond acceptors (Lipinski definition) is 3. The molecule has 3 rings (SSSR count). The molecule has 3 aromatic rings. The summed E-state index contributed by atoms with van der Waals surface area (Å²) in [5.41, 5.74) is 2.27. The van der Waals surface area contributed by atoms with E-state index < -0.39 is 11.5 Å². The van der Waals surface area contributed by atoms with Gasteiger partial charge in [0.25, 0.3) is 5.56 Å². The molecule has 2 aromatic heterocycles. The zero-order valence-corrected chi connectivity index (χ0v) is 12.4. The van der Waals surface area contributed by atoms with Crippen molar-refractivity contribution >= 4 is 5.97 Å². The predicted octanol–water partition coefficient (Wildman–Crippen LogP) is 2.91. The average Bonchev–Trinajstić information content (AvgIpc) is 2.56. The number of aromatic carboxylic acids is 1. The molecular weight excluding hydrogens is 292 g/mol. The highest BCUT2D eigenvalue weighted by molar-refractivity contribution is 5.89. The van der Waals surface area contributed by atoms with Gasteiger partial charge < -0.3 is 5.11 Å². The van der Waals surface area contributed by atoms with Gasteiger partial charge in [0.15, 0.2) is 0 Å². The normalized spacial score (nSPS) is 10.5. The van der Waals surface area contributed by atoms with E-state index in [2.05, 4.69) is 4.98 Å². The molecule has 0 fully saturated rings. The maximum atomic E-state index is 12.4. The lowest BCUT2D eigenvalue weighted by atomic mass is 10.0. The fourth-order valence-electron chi connectivity index (χ4n) is 2.33. The van der Waals surface area contributed by atoms with Crippen molar-refractivity contribution in [2.24, 2.45) is 0 Å². The number of aromatic nitrogens is 2. The molecule has 1 aromatic carbocycles. The number of pyridine rings is 2. The van der Waals surface area contributed by atoms with Crippen LogP contribution in [0.5, 0.6) is 0 Å². The van der Waals surface area contributed by atoms with Crippen LogP contribution in [0.25, 0.3) is 16.8 Å². The molecule has 23 heavy (non-hydrogen) atoms. The first-order valence-corrected chi connectivity index (χ1v) is 7.04. The molecule has 0 bridgehead atoms. The highest BCUT2D eigenvalue weighted by Gasteiger charge is 2.15. The highest BCUT2D eigenvalue weighted by atomic mass is 16.4. The van der Waals surface area contributed by atoms with Crippen LogP contribution < -0.4 is 5.56 Å². The van der Waals surface area contributed by atoms with Crippen molar-refractivity contribution in [3.05, 3.63) is 82.5 Å². The Labute approximate surface area is 132 Å². The Morgan fingerprint density at radius 2 is 1.87 bits per heavy atom. The number of hydrogen-bond donors (Lipinski definition) is 1. The number of carbonyl (C=O) groups is 1. The lowest BCUT2D eigenvalue weighted by Crippen LogP contribution is -2.25. The van der Waals surface area contributed by atoms with Gasteiger partial charge in [0.05, 0.1) is 11.9 Å². The summed E-state index contributed by atoms with van der Waals surface area (Å²) in [5.74, 6) is -1.25. The van der Waals surface area contributed by atoms with E-state index in [-0.39, 0.29) is 5.56 Å². The maximum absolute atomic E-state index is 12.4. The summed E-state index contributed by atoms with van der Waals surface area (Å²) in [5, 5.41) is 9.32. The van der Waals surface area contributed by atoms with Gasteiger partial charge in [-0.3, -0.25) is 14.3 Å². The number of carboxylic acid groups (broad SMARTS) is 1. The molecule has 1 N–H and O–H groups in total. The molecule has 0 radical (unpaired) electrons. The summed E-state index contributed by atoms with van der Waals surface area (Å²) in [7, 11) is 0. The molecule has 0 atom stereocenters. The number of carboxylic acids is 1. The molecule has 0 aliphatic heterocycles. The van der Waals surface area contributed by atoms with Gasteiger partial charge in [-0.2, -0.15) is 0 Å². The van der Waals surface area contributed by atoms with Gasteiger partial charge in [0.1, 0.15) is 5.56 Å². The maximum Gasteiger partial charge on any atom is 0.341 e. The molecule has 5 nitrogen and oxygen atoms in total. The van der Waals surface area contributed by atoms with Gasteiger partial charge in [-0.15, -0.1) is 0 Å². The van der Waals surface area contributed by atoms with E-state index in [1.54, 1.807) is 24.5 Å². The summed E-state index contributed by atoms with van der Waals surface area (Å²) >= 11 is 0. The molecule has 0 unspecified atom stereocenters. The quantitative estimate of drug-likeness (QED) is 0.807. The molecule has 5 heteroatoms.